The number of hydrogen-bond acceptors (Lipinski definition) is 6. The molecule has 140 valence electrons. The number of fused-ring (bicyclic) bond motifs is 6. The highest BCUT2D eigenvalue weighted by molar-refractivity contribution is 8.00. The van der Waals surface area contributed by atoms with Crippen molar-refractivity contribution in [2.45, 2.75) is 81.5 Å². The van der Waals surface area contributed by atoms with E-state index in [1.54, 1.807) is 11.8 Å². The van der Waals surface area contributed by atoms with Gasteiger partial charge in [-0.2, -0.15) is 4.79 Å². The van der Waals surface area contributed by atoms with Crippen LogP contribution in [0.5, 0.6) is 0 Å². The Morgan fingerprint density at radius 1 is 1.20 bits per heavy atom. The van der Waals surface area contributed by atoms with Crippen molar-refractivity contribution in [1.82, 2.24) is 0 Å². The Morgan fingerprint density at radius 3 is 2.36 bits per heavy atom. The molecule has 0 spiro atoms. The molecule has 0 aromatic rings. The van der Waals surface area contributed by atoms with Crippen molar-refractivity contribution in [1.29, 1.82) is 0 Å². The van der Waals surface area contributed by atoms with Gasteiger partial charge in [0.15, 0.2) is 6.10 Å². The molecule has 0 N–H and O–H groups in total. The maximum atomic E-state index is 11.9. The number of rotatable bonds is 2. The van der Waals surface area contributed by atoms with Crippen molar-refractivity contribution in [2.24, 2.45) is 0 Å². The first-order valence-electron chi connectivity index (χ1n) is 8.51. The fraction of sp³-hybridized carbons (Fsp3) is 0.875. The van der Waals surface area contributed by atoms with E-state index in [0.717, 1.165) is 12.0 Å². The van der Waals surface area contributed by atoms with E-state index in [4.69, 9.17) is 23.9 Å². The number of ether oxygens (including phenoxy) is 2. The van der Waals surface area contributed by atoms with E-state index in [-0.39, 0.29) is 33.8 Å². The monoisotopic (exact) mass is 386 g/mol. The van der Waals surface area contributed by atoms with Crippen LogP contribution >= 0.6 is 11.8 Å². The average molecular weight is 387 g/mol. The Hall–Kier alpha value is -0.703. The van der Waals surface area contributed by atoms with Gasteiger partial charge in [-0.3, -0.25) is 0 Å². The van der Waals surface area contributed by atoms with Crippen LogP contribution in [-0.4, -0.2) is 61.1 Å². The molecule has 0 amide bonds. The Labute approximate surface area is 153 Å². The minimum absolute atomic E-state index is 0.129. The van der Waals surface area contributed by atoms with E-state index >= 15 is 0 Å². The topological polar surface area (TPSA) is 90.4 Å². The molecule has 3 fully saturated rings. The average Bonchev–Trinajstić information content (AvgIpc) is 2.90. The highest BCUT2D eigenvalue weighted by Gasteiger charge is 2.69. The molecule has 4 bridgehead atoms. The third kappa shape index (κ3) is 3.01. The van der Waals surface area contributed by atoms with Gasteiger partial charge in [0.1, 0.15) is 17.6 Å². The van der Waals surface area contributed by atoms with Crippen LogP contribution in [-0.2, 0) is 23.1 Å². The van der Waals surface area contributed by atoms with Gasteiger partial charge in [0.25, 0.3) is 0 Å². The van der Waals surface area contributed by atoms with Gasteiger partial charge in [0.05, 0.1) is 6.10 Å². The second-order valence-electron chi connectivity index (χ2n) is 8.80. The van der Waals surface area contributed by atoms with Crippen molar-refractivity contribution in [3.05, 3.63) is 5.53 Å². The van der Waals surface area contributed by atoms with Gasteiger partial charge in [0, 0.05) is 15.8 Å². The first-order chi connectivity index (χ1) is 11.5. The molecule has 3 rings (SSSR count). The molecule has 5 atom stereocenters. The maximum absolute atomic E-state index is 11.9. The Balaban J connectivity index is 2.00. The van der Waals surface area contributed by atoms with E-state index in [2.05, 4.69) is 46.3 Å². The molecule has 25 heavy (non-hydrogen) atoms. The summed E-state index contributed by atoms with van der Waals surface area (Å²) in [6, 6.07) is 0. The summed E-state index contributed by atoms with van der Waals surface area (Å²) in [4.78, 5) is 14.6. The highest BCUT2D eigenvalue weighted by atomic mass is 32.2. The van der Waals surface area contributed by atoms with Crippen molar-refractivity contribution in [2.75, 3.05) is 5.75 Å². The molecule has 3 aliphatic rings. The lowest BCUT2D eigenvalue weighted by Gasteiger charge is -2.59. The molecular formula is C16H26N2O5SSi. The molecule has 0 aromatic heterocycles. The smallest absolute Gasteiger partial charge is 0.414 e. The lowest BCUT2D eigenvalue weighted by Crippen LogP contribution is -2.73. The maximum Gasteiger partial charge on any atom is 0.414 e. The van der Waals surface area contributed by atoms with E-state index in [1.165, 1.54) is 0 Å². The molecule has 3 saturated heterocycles. The summed E-state index contributed by atoms with van der Waals surface area (Å²) in [7, 11) is -2.70. The van der Waals surface area contributed by atoms with E-state index in [0.29, 0.717) is 0 Å². The number of thioether (sulfide) groups is 1. The summed E-state index contributed by atoms with van der Waals surface area (Å²) < 4.78 is 24.9. The van der Waals surface area contributed by atoms with Crippen LogP contribution in [0.3, 0.4) is 0 Å². The lowest BCUT2D eigenvalue weighted by atomic mass is 10.0. The standard InChI is InChI=1S/C16H26N2O5SSi/c1-15(2,3)25(16(4,5)6)22-11-9-8-24-14(20-9)13(23-25)12(11)21-10(19)7-18-17/h7,9,11-14H,8H2,1-6H3. The molecular weight excluding hydrogens is 360 g/mol. The van der Waals surface area contributed by atoms with Crippen LogP contribution in [0, 0.1) is 0 Å². The van der Waals surface area contributed by atoms with Gasteiger partial charge in [-0.05, 0) is 0 Å². The summed E-state index contributed by atoms with van der Waals surface area (Å²) in [5, 5.41) is -0.324. The van der Waals surface area contributed by atoms with E-state index in [1.807, 2.05) is 0 Å². The van der Waals surface area contributed by atoms with Crippen molar-refractivity contribution in [3.8, 4) is 0 Å². The summed E-state index contributed by atoms with van der Waals surface area (Å²) in [6.45, 7) is 12.9. The largest absolute Gasteiger partial charge is 0.448 e. The predicted octanol–water partition coefficient (Wildman–Crippen LogP) is 2.50. The van der Waals surface area contributed by atoms with E-state index < -0.39 is 20.6 Å². The number of esters is 1. The first kappa shape index (κ1) is 19.1. The fourth-order valence-corrected chi connectivity index (χ4v) is 10.6. The van der Waals surface area contributed by atoms with Crippen LogP contribution in [0.2, 0.25) is 10.1 Å². The summed E-state index contributed by atoms with van der Waals surface area (Å²) >= 11 is 1.68. The zero-order valence-corrected chi connectivity index (χ0v) is 17.3. The van der Waals surface area contributed by atoms with Crippen molar-refractivity contribution >= 4 is 32.5 Å². The van der Waals surface area contributed by atoms with Crippen LogP contribution in [0.1, 0.15) is 41.5 Å². The molecule has 5 unspecified atom stereocenters. The third-order valence-electron chi connectivity index (χ3n) is 5.01. The number of carbonyl (C=O) groups excluding carboxylic acids is 1. The Kier molecular flexibility index (Phi) is 4.71. The van der Waals surface area contributed by atoms with E-state index in [9.17, 15) is 4.79 Å². The molecule has 3 heterocycles. The normalized spacial score (nSPS) is 36.5. The molecule has 0 radical (unpaired) electrons. The van der Waals surface area contributed by atoms with Gasteiger partial charge >= 0.3 is 20.7 Å². The molecule has 0 aliphatic carbocycles. The third-order valence-corrected chi connectivity index (χ3v) is 11.4. The van der Waals surface area contributed by atoms with Gasteiger partial charge in [-0.1, -0.05) is 41.5 Å². The van der Waals surface area contributed by atoms with Gasteiger partial charge in [0.2, 0.25) is 0 Å². The van der Waals surface area contributed by atoms with Crippen molar-refractivity contribution < 1.29 is 27.9 Å². The Bertz CT molecular complexity index is 575. The summed E-state index contributed by atoms with van der Waals surface area (Å²) in [5.41, 5.74) is 8.39. The zero-order valence-electron chi connectivity index (χ0n) is 15.5. The van der Waals surface area contributed by atoms with Gasteiger partial charge in [-0.25, -0.2) is 4.79 Å². The van der Waals surface area contributed by atoms with Gasteiger partial charge in [-0.15, -0.1) is 11.8 Å². The summed E-state index contributed by atoms with van der Waals surface area (Å²) in [5.74, 6) is 0.0810. The Morgan fingerprint density at radius 2 is 1.80 bits per heavy atom. The van der Waals surface area contributed by atoms with Crippen molar-refractivity contribution in [3.63, 3.8) is 0 Å². The predicted molar refractivity (Wildman–Crippen MR) is 95.6 cm³/mol. The second-order valence-corrected chi connectivity index (χ2v) is 14.6. The molecule has 0 aromatic carbocycles. The van der Waals surface area contributed by atoms with Crippen LogP contribution in [0.15, 0.2) is 0 Å². The number of carbonyl (C=O) groups is 1. The van der Waals surface area contributed by atoms with Crippen LogP contribution in [0.25, 0.3) is 5.53 Å². The minimum atomic E-state index is -2.70. The van der Waals surface area contributed by atoms with Gasteiger partial charge < -0.3 is 23.9 Å². The number of nitrogens with zero attached hydrogens (tertiary/aromatic N) is 2. The quantitative estimate of drug-likeness (QED) is 0.238. The molecule has 3 aliphatic heterocycles. The highest BCUT2D eigenvalue weighted by Crippen LogP contribution is 2.58. The summed E-state index contributed by atoms with van der Waals surface area (Å²) in [6.07, 6.45) is -0.696. The first-order valence-corrected chi connectivity index (χ1v) is 11.4. The molecule has 7 nitrogen and oxygen atoms in total. The molecule has 9 heteroatoms. The fourth-order valence-electron chi connectivity index (χ4n) is 4.19. The van der Waals surface area contributed by atoms with Crippen LogP contribution < -0.4 is 0 Å². The number of hydrogen-bond donors (Lipinski definition) is 0. The van der Waals surface area contributed by atoms with Crippen LogP contribution in [0.4, 0.5) is 0 Å². The molecule has 0 saturated carbocycles. The lowest BCUT2D eigenvalue weighted by molar-refractivity contribution is -0.228. The SMILES string of the molecule is CC(C)(C)[Si]1(C(C)(C)C)OC2C3CSC(O3)C(O1)C2OC(=O)C=[N+]=[N-]. The second kappa shape index (κ2) is 6.18. The minimum Gasteiger partial charge on any atom is -0.448 e. The zero-order chi connectivity index (χ0) is 18.6.